The topological polar surface area (TPSA) is 54.3 Å². The lowest BCUT2D eigenvalue weighted by Crippen LogP contribution is -2.46. The van der Waals surface area contributed by atoms with E-state index in [1.165, 1.54) is 0 Å². The number of guanidine groups is 1. The molecule has 2 fully saturated rings. The number of anilines is 1. The van der Waals surface area contributed by atoms with Gasteiger partial charge in [-0.25, -0.2) is 0 Å². The van der Waals surface area contributed by atoms with E-state index < -0.39 is 0 Å². The molecule has 150 valence electrons. The Balaban J connectivity index is 1.40. The average molecular weight is 394 g/mol. The summed E-state index contributed by atoms with van der Waals surface area (Å²) in [5.41, 5.74) is 1.14. The van der Waals surface area contributed by atoms with Crippen molar-refractivity contribution in [2.24, 2.45) is 4.99 Å². The number of rotatable bonds is 6. The number of β-amino-alcohol motifs (C(OH)–C–C–N with tert-alkyl or cyclic N) is 1. The molecule has 2 saturated heterocycles. The monoisotopic (exact) mass is 393 g/mol. The van der Waals surface area contributed by atoms with Gasteiger partial charge in [0.25, 0.3) is 0 Å². The van der Waals surface area contributed by atoms with Crippen LogP contribution in [0.4, 0.5) is 5.69 Å². The predicted molar refractivity (Wildman–Crippen MR) is 113 cm³/mol. The Bertz CT molecular complexity index is 618. The van der Waals surface area contributed by atoms with E-state index in [9.17, 15) is 5.11 Å². The molecule has 2 aliphatic rings. The number of benzene rings is 1. The number of nitrogens with zero attached hydrogens (tertiary/aromatic N) is 4. The number of aliphatic hydroxyl groups is 1. The molecule has 0 unspecified atom stereocenters. The zero-order chi connectivity index (χ0) is 19.1. The molecular weight excluding hydrogens is 362 g/mol. The normalized spacial score (nSPS) is 21.7. The summed E-state index contributed by atoms with van der Waals surface area (Å²) in [7, 11) is 0. The summed E-state index contributed by atoms with van der Waals surface area (Å²) in [4.78, 5) is 11.8. The van der Waals surface area contributed by atoms with Crippen molar-refractivity contribution in [2.75, 3.05) is 63.8 Å². The molecule has 0 aromatic heterocycles. The van der Waals surface area contributed by atoms with E-state index in [4.69, 9.17) is 16.6 Å². The van der Waals surface area contributed by atoms with E-state index in [0.717, 1.165) is 81.9 Å². The number of aliphatic hydroxyl groups excluding tert-OH is 1. The maximum Gasteiger partial charge on any atom is 0.194 e. The molecule has 1 aromatic rings. The molecule has 1 atom stereocenters. The molecule has 0 radical (unpaired) electrons. The van der Waals surface area contributed by atoms with Gasteiger partial charge in [-0.2, -0.15) is 0 Å². The lowest BCUT2D eigenvalue weighted by Gasteiger charge is -2.36. The molecule has 2 heterocycles. The number of nitrogens with one attached hydrogen (secondary N) is 1. The van der Waals surface area contributed by atoms with Gasteiger partial charge in [0.1, 0.15) is 0 Å². The summed E-state index contributed by atoms with van der Waals surface area (Å²) in [6, 6.07) is 8.09. The van der Waals surface area contributed by atoms with Crippen molar-refractivity contribution in [3.8, 4) is 0 Å². The highest BCUT2D eigenvalue weighted by molar-refractivity contribution is 6.33. The van der Waals surface area contributed by atoms with Crippen LogP contribution in [0.5, 0.6) is 0 Å². The van der Waals surface area contributed by atoms with Crippen LogP contribution in [0.25, 0.3) is 0 Å². The van der Waals surface area contributed by atoms with Crippen LogP contribution in [0.3, 0.4) is 0 Å². The van der Waals surface area contributed by atoms with Gasteiger partial charge in [0.05, 0.1) is 16.8 Å². The van der Waals surface area contributed by atoms with Gasteiger partial charge in [-0.1, -0.05) is 23.7 Å². The molecule has 2 N–H and O–H groups in total. The van der Waals surface area contributed by atoms with E-state index >= 15 is 0 Å². The Kier molecular flexibility index (Phi) is 7.61. The van der Waals surface area contributed by atoms with Crippen molar-refractivity contribution < 1.29 is 5.11 Å². The molecule has 6 nitrogen and oxygen atoms in total. The van der Waals surface area contributed by atoms with Crippen LogP contribution in [0.15, 0.2) is 29.3 Å². The number of para-hydroxylation sites is 1. The lowest BCUT2D eigenvalue weighted by atomic mass is 10.2. The highest BCUT2D eigenvalue weighted by Crippen LogP contribution is 2.25. The van der Waals surface area contributed by atoms with Crippen LogP contribution >= 0.6 is 11.6 Å². The summed E-state index contributed by atoms with van der Waals surface area (Å²) in [6.07, 6.45) is 1.67. The second-order valence-corrected chi connectivity index (χ2v) is 7.67. The maximum absolute atomic E-state index is 9.74. The third kappa shape index (κ3) is 5.74. The number of aliphatic imine (C=N–C) groups is 1. The van der Waals surface area contributed by atoms with Crippen molar-refractivity contribution in [1.82, 2.24) is 15.1 Å². The molecule has 0 aliphatic carbocycles. The molecule has 0 spiro atoms. The summed E-state index contributed by atoms with van der Waals surface area (Å²) in [5, 5.41) is 13.9. The number of hydrogen-bond donors (Lipinski definition) is 2. The van der Waals surface area contributed by atoms with Gasteiger partial charge in [0.2, 0.25) is 0 Å². The van der Waals surface area contributed by atoms with Crippen LogP contribution in [0.1, 0.15) is 19.8 Å². The van der Waals surface area contributed by atoms with Gasteiger partial charge < -0.3 is 20.2 Å². The minimum Gasteiger partial charge on any atom is -0.391 e. The van der Waals surface area contributed by atoms with Crippen molar-refractivity contribution in [3.05, 3.63) is 29.3 Å². The second kappa shape index (κ2) is 10.2. The molecule has 0 saturated carbocycles. The largest absolute Gasteiger partial charge is 0.391 e. The van der Waals surface area contributed by atoms with Gasteiger partial charge in [0, 0.05) is 58.9 Å². The minimum absolute atomic E-state index is 0.219. The molecular formula is C20H32ClN5O. The van der Waals surface area contributed by atoms with Crippen LogP contribution in [0.2, 0.25) is 5.02 Å². The van der Waals surface area contributed by atoms with Crippen molar-refractivity contribution in [2.45, 2.75) is 25.9 Å². The first kappa shape index (κ1) is 20.2. The zero-order valence-corrected chi connectivity index (χ0v) is 17.0. The fourth-order valence-corrected chi connectivity index (χ4v) is 4.02. The summed E-state index contributed by atoms with van der Waals surface area (Å²) < 4.78 is 0. The van der Waals surface area contributed by atoms with Crippen molar-refractivity contribution in [3.63, 3.8) is 0 Å². The third-order valence-electron chi connectivity index (χ3n) is 5.26. The Morgan fingerprint density at radius 1 is 1.22 bits per heavy atom. The molecule has 27 heavy (non-hydrogen) atoms. The van der Waals surface area contributed by atoms with Gasteiger partial charge in [0.15, 0.2) is 5.96 Å². The summed E-state index contributed by atoms with van der Waals surface area (Å²) >= 11 is 6.32. The summed E-state index contributed by atoms with van der Waals surface area (Å²) in [6.45, 7) is 10.6. The minimum atomic E-state index is -0.219. The smallest absolute Gasteiger partial charge is 0.194 e. The fourth-order valence-electron chi connectivity index (χ4n) is 3.76. The molecule has 0 amide bonds. The fraction of sp³-hybridized carbons (Fsp3) is 0.650. The van der Waals surface area contributed by atoms with Crippen LogP contribution < -0.4 is 10.2 Å². The van der Waals surface area contributed by atoms with E-state index in [-0.39, 0.29) is 6.10 Å². The molecule has 7 heteroatoms. The van der Waals surface area contributed by atoms with Crippen LogP contribution in [-0.4, -0.2) is 85.9 Å². The predicted octanol–water partition coefficient (Wildman–Crippen LogP) is 1.88. The zero-order valence-electron chi connectivity index (χ0n) is 16.3. The Hall–Kier alpha value is -1.50. The van der Waals surface area contributed by atoms with Gasteiger partial charge in [-0.05, 0) is 31.9 Å². The first-order valence-electron chi connectivity index (χ1n) is 10.1. The van der Waals surface area contributed by atoms with E-state index in [0.29, 0.717) is 6.54 Å². The summed E-state index contributed by atoms with van der Waals surface area (Å²) in [5.74, 6) is 0.942. The highest BCUT2D eigenvalue weighted by Gasteiger charge is 2.23. The Morgan fingerprint density at radius 3 is 2.67 bits per heavy atom. The van der Waals surface area contributed by atoms with E-state index in [2.05, 4.69) is 33.0 Å². The molecule has 3 rings (SSSR count). The van der Waals surface area contributed by atoms with E-state index in [1.54, 1.807) is 0 Å². The van der Waals surface area contributed by atoms with Crippen LogP contribution in [0, 0.1) is 0 Å². The molecule has 2 aliphatic heterocycles. The van der Waals surface area contributed by atoms with Gasteiger partial charge in [-0.3, -0.25) is 9.89 Å². The van der Waals surface area contributed by atoms with Gasteiger partial charge >= 0.3 is 0 Å². The molecule has 0 bridgehead atoms. The second-order valence-electron chi connectivity index (χ2n) is 7.26. The standard InChI is InChI=1S/C20H32ClN5O/c1-2-22-20(26-11-8-17(27)16-26)23-9-5-10-24-12-14-25(15-13-24)19-7-4-3-6-18(19)21/h3-4,6-7,17,27H,2,5,8-16H2,1H3,(H,22,23)/t17-/m1/s1. The first-order valence-corrected chi connectivity index (χ1v) is 10.5. The number of likely N-dealkylation sites (tertiary alicyclic amines) is 1. The van der Waals surface area contributed by atoms with Gasteiger partial charge in [-0.15, -0.1) is 0 Å². The quantitative estimate of drug-likeness (QED) is 0.439. The number of hydrogen-bond acceptors (Lipinski definition) is 4. The first-order chi connectivity index (χ1) is 13.2. The number of halogens is 1. The Labute approximate surface area is 167 Å². The average Bonchev–Trinajstić information content (AvgIpc) is 3.11. The van der Waals surface area contributed by atoms with Crippen molar-refractivity contribution >= 4 is 23.2 Å². The third-order valence-corrected chi connectivity index (χ3v) is 5.58. The lowest BCUT2D eigenvalue weighted by molar-refractivity contribution is 0.187. The highest BCUT2D eigenvalue weighted by atomic mass is 35.5. The van der Waals surface area contributed by atoms with Crippen LogP contribution in [-0.2, 0) is 0 Å². The number of piperazine rings is 1. The molecule has 1 aromatic carbocycles. The maximum atomic E-state index is 9.74. The van der Waals surface area contributed by atoms with E-state index in [1.807, 2.05) is 18.2 Å². The Morgan fingerprint density at radius 2 is 2.00 bits per heavy atom. The van der Waals surface area contributed by atoms with Crippen molar-refractivity contribution in [1.29, 1.82) is 0 Å². The SMILES string of the molecule is CCNC(=NCCCN1CCN(c2ccccc2Cl)CC1)N1CC[C@@H](O)C1.